The van der Waals surface area contributed by atoms with Gasteiger partial charge in [0.25, 0.3) is 0 Å². The standard InChI is InChI=1S/C26H32N2O5S2/c1-33-19-4-5-21-20(15-19)24(18(17-29)16-27-21)22(30)6-7-26(25(31)32)8-10-28(11-9-26)12-14-35-23-3-2-13-34-23/h2-5,13,15-16,22,29-30H,6-12,14,17H2,1H3,(H,31,32)/t22-/m0/s1. The number of piperidine rings is 1. The summed E-state index contributed by atoms with van der Waals surface area (Å²) in [4.78, 5) is 19.1. The maximum absolute atomic E-state index is 12.4. The maximum Gasteiger partial charge on any atom is 0.309 e. The number of thiophene rings is 1. The van der Waals surface area contributed by atoms with Gasteiger partial charge in [-0.1, -0.05) is 6.07 Å². The molecule has 7 nitrogen and oxygen atoms in total. The Balaban J connectivity index is 1.42. The van der Waals surface area contributed by atoms with Crippen molar-refractivity contribution < 1.29 is 24.9 Å². The number of aliphatic carboxylic acids is 1. The van der Waals surface area contributed by atoms with Gasteiger partial charge in [-0.2, -0.15) is 0 Å². The summed E-state index contributed by atoms with van der Waals surface area (Å²) in [5, 5.41) is 34.0. The minimum absolute atomic E-state index is 0.255. The van der Waals surface area contributed by atoms with Crippen molar-refractivity contribution in [3.63, 3.8) is 0 Å². The van der Waals surface area contributed by atoms with E-state index < -0.39 is 17.5 Å². The Kier molecular flexibility index (Phi) is 8.67. The molecule has 0 saturated carbocycles. The largest absolute Gasteiger partial charge is 0.497 e. The van der Waals surface area contributed by atoms with Gasteiger partial charge in [0.05, 0.1) is 35.0 Å². The van der Waals surface area contributed by atoms with Crippen LogP contribution in [-0.4, -0.2) is 63.7 Å². The number of aromatic nitrogens is 1. The number of carboxylic acid groups (broad SMARTS) is 1. The second-order valence-corrected chi connectivity index (χ2v) is 11.3. The molecular formula is C26H32N2O5S2. The van der Waals surface area contributed by atoms with Gasteiger partial charge in [-0.3, -0.25) is 9.78 Å². The van der Waals surface area contributed by atoms with Crippen LogP contribution in [0.25, 0.3) is 10.9 Å². The number of carbonyl (C=O) groups is 1. The first-order valence-electron chi connectivity index (χ1n) is 11.8. The molecular weight excluding hydrogens is 484 g/mol. The van der Waals surface area contributed by atoms with E-state index in [-0.39, 0.29) is 6.61 Å². The molecule has 3 N–H and O–H groups in total. The van der Waals surface area contributed by atoms with Crippen LogP contribution in [0.3, 0.4) is 0 Å². The molecule has 1 aromatic carbocycles. The summed E-state index contributed by atoms with van der Waals surface area (Å²) in [6.45, 7) is 2.16. The van der Waals surface area contributed by atoms with Gasteiger partial charge in [0.15, 0.2) is 0 Å². The van der Waals surface area contributed by atoms with Crippen LogP contribution < -0.4 is 4.74 Å². The zero-order valence-corrected chi connectivity index (χ0v) is 21.5. The van der Waals surface area contributed by atoms with E-state index in [9.17, 15) is 20.1 Å². The number of fused-ring (bicyclic) bond motifs is 1. The van der Waals surface area contributed by atoms with E-state index >= 15 is 0 Å². The van der Waals surface area contributed by atoms with E-state index in [0.717, 1.165) is 25.4 Å². The van der Waals surface area contributed by atoms with Crippen molar-refractivity contribution >= 4 is 40.0 Å². The molecule has 1 saturated heterocycles. The van der Waals surface area contributed by atoms with E-state index in [4.69, 9.17) is 4.74 Å². The quantitative estimate of drug-likeness (QED) is 0.319. The second-order valence-electron chi connectivity index (χ2n) is 9.00. The highest BCUT2D eigenvalue weighted by molar-refractivity contribution is 8.01. The van der Waals surface area contributed by atoms with E-state index in [1.54, 1.807) is 36.8 Å². The van der Waals surface area contributed by atoms with Gasteiger partial charge in [0.1, 0.15) is 5.75 Å². The van der Waals surface area contributed by atoms with Gasteiger partial charge < -0.3 is 25.0 Å². The number of rotatable bonds is 11. The molecule has 3 aromatic rings. The summed E-state index contributed by atoms with van der Waals surface area (Å²) in [5.41, 5.74) is 0.984. The summed E-state index contributed by atoms with van der Waals surface area (Å²) >= 11 is 3.58. The first kappa shape index (κ1) is 25.9. The number of carboxylic acids is 1. The Labute approximate surface area is 213 Å². The highest BCUT2D eigenvalue weighted by Gasteiger charge is 2.41. The highest BCUT2D eigenvalue weighted by atomic mass is 32.2. The monoisotopic (exact) mass is 516 g/mol. The summed E-state index contributed by atoms with van der Waals surface area (Å²) in [6, 6.07) is 9.60. The third kappa shape index (κ3) is 5.98. The minimum Gasteiger partial charge on any atom is -0.497 e. The fourth-order valence-corrected chi connectivity index (χ4v) is 6.70. The molecule has 0 bridgehead atoms. The van der Waals surface area contributed by atoms with Crippen molar-refractivity contribution in [3.8, 4) is 5.75 Å². The van der Waals surface area contributed by atoms with Crippen LogP contribution in [0.2, 0.25) is 0 Å². The van der Waals surface area contributed by atoms with Crippen molar-refractivity contribution in [1.29, 1.82) is 0 Å². The minimum atomic E-state index is -0.911. The lowest BCUT2D eigenvalue weighted by atomic mass is 9.74. The lowest BCUT2D eigenvalue weighted by molar-refractivity contribution is -0.153. The molecule has 0 aliphatic carbocycles. The Bertz CT molecular complexity index is 1120. The van der Waals surface area contributed by atoms with Crippen LogP contribution in [-0.2, 0) is 11.4 Å². The number of pyridine rings is 1. The molecule has 0 amide bonds. The number of likely N-dealkylation sites (tertiary alicyclic amines) is 1. The number of methoxy groups -OCH3 is 1. The molecule has 1 fully saturated rings. The van der Waals surface area contributed by atoms with E-state index in [1.165, 1.54) is 4.21 Å². The first-order chi connectivity index (χ1) is 17.0. The Morgan fingerprint density at radius 3 is 2.77 bits per heavy atom. The highest BCUT2D eigenvalue weighted by Crippen LogP contribution is 2.40. The van der Waals surface area contributed by atoms with Crippen molar-refractivity contribution in [3.05, 3.63) is 53.0 Å². The zero-order chi connectivity index (χ0) is 24.8. The maximum atomic E-state index is 12.4. The van der Waals surface area contributed by atoms with Crippen molar-refractivity contribution in [1.82, 2.24) is 9.88 Å². The number of ether oxygens (including phenoxy) is 1. The summed E-state index contributed by atoms with van der Waals surface area (Å²) in [6.07, 6.45) is 2.47. The average molecular weight is 517 g/mol. The summed E-state index contributed by atoms with van der Waals surface area (Å²) < 4.78 is 6.64. The lowest BCUT2D eigenvalue weighted by Gasteiger charge is -2.39. The zero-order valence-electron chi connectivity index (χ0n) is 19.9. The van der Waals surface area contributed by atoms with E-state index in [2.05, 4.69) is 27.4 Å². The number of aliphatic hydroxyl groups excluding tert-OH is 2. The number of nitrogens with zero attached hydrogens (tertiary/aromatic N) is 2. The van der Waals surface area contributed by atoms with Crippen LogP contribution >= 0.6 is 23.1 Å². The molecule has 3 heterocycles. The molecule has 9 heteroatoms. The molecule has 0 unspecified atom stereocenters. The smallest absolute Gasteiger partial charge is 0.309 e. The topological polar surface area (TPSA) is 103 Å². The number of thioether (sulfide) groups is 1. The molecule has 1 aliphatic rings. The van der Waals surface area contributed by atoms with Gasteiger partial charge in [0, 0.05) is 29.4 Å². The fourth-order valence-electron chi connectivity index (χ4n) is 4.83. The van der Waals surface area contributed by atoms with Crippen molar-refractivity contribution in [2.75, 3.05) is 32.5 Å². The predicted octanol–water partition coefficient (Wildman–Crippen LogP) is 4.57. The molecule has 4 rings (SSSR count). The fraction of sp³-hybridized carbons (Fsp3) is 0.462. The Hall–Kier alpha value is -2.17. The summed E-state index contributed by atoms with van der Waals surface area (Å²) in [5.74, 6) is 0.831. The van der Waals surface area contributed by atoms with Crippen LogP contribution in [0.4, 0.5) is 0 Å². The SMILES string of the molecule is COc1ccc2ncc(CO)c([C@@H](O)CCC3(C(=O)O)CCN(CCSc4cccs4)CC3)c2c1. The van der Waals surface area contributed by atoms with Gasteiger partial charge >= 0.3 is 5.97 Å². The molecule has 1 aliphatic heterocycles. The lowest BCUT2D eigenvalue weighted by Crippen LogP contribution is -2.45. The Morgan fingerprint density at radius 2 is 2.11 bits per heavy atom. The van der Waals surface area contributed by atoms with Gasteiger partial charge in [0.2, 0.25) is 0 Å². The molecule has 188 valence electrons. The molecule has 2 aromatic heterocycles. The number of hydrogen-bond donors (Lipinski definition) is 3. The van der Waals surface area contributed by atoms with Crippen LogP contribution in [0, 0.1) is 5.41 Å². The third-order valence-corrected chi connectivity index (χ3v) is 9.12. The Morgan fingerprint density at radius 1 is 1.31 bits per heavy atom. The van der Waals surface area contributed by atoms with Crippen LogP contribution in [0.15, 0.2) is 46.1 Å². The molecule has 1 atom stereocenters. The van der Waals surface area contributed by atoms with Crippen LogP contribution in [0.1, 0.15) is 42.9 Å². The average Bonchev–Trinajstić information content (AvgIpc) is 3.40. The van der Waals surface area contributed by atoms with Crippen molar-refractivity contribution in [2.45, 2.75) is 42.6 Å². The normalized spacial score (nSPS) is 16.9. The van der Waals surface area contributed by atoms with E-state index in [0.29, 0.717) is 53.5 Å². The van der Waals surface area contributed by atoms with Gasteiger partial charge in [-0.15, -0.1) is 23.1 Å². The second kappa shape index (κ2) is 11.7. The molecule has 0 spiro atoms. The van der Waals surface area contributed by atoms with Crippen molar-refractivity contribution in [2.24, 2.45) is 5.41 Å². The first-order valence-corrected chi connectivity index (χ1v) is 13.7. The third-order valence-electron chi connectivity index (χ3n) is 7.01. The van der Waals surface area contributed by atoms with E-state index in [1.807, 2.05) is 17.8 Å². The predicted molar refractivity (Wildman–Crippen MR) is 139 cm³/mol. The number of hydrogen-bond acceptors (Lipinski definition) is 8. The number of aliphatic hydroxyl groups is 2. The molecule has 0 radical (unpaired) electrons. The summed E-state index contributed by atoms with van der Waals surface area (Å²) in [7, 11) is 1.57. The van der Waals surface area contributed by atoms with Crippen LogP contribution in [0.5, 0.6) is 5.75 Å². The molecule has 35 heavy (non-hydrogen) atoms. The van der Waals surface area contributed by atoms with Gasteiger partial charge in [-0.05, 0) is 74.0 Å². The van der Waals surface area contributed by atoms with Gasteiger partial charge in [-0.25, -0.2) is 0 Å². The number of benzene rings is 1.